The Balaban J connectivity index is 1.49. The lowest BCUT2D eigenvalue weighted by Gasteiger charge is -2.34. The lowest BCUT2D eigenvalue weighted by molar-refractivity contribution is -0.903. The Kier molecular flexibility index (Phi) is 5.84. The van der Waals surface area contributed by atoms with E-state index in [0.29, 0.717) is 5.75 Å². The Hall–Kier alpha value is -1.05. The molecule has 132 valence electrons. The lowest BCUT2D eigenvalue weighted by atomic mass is 10.1. The highest BCUT2D eigenvalue weighted by Crippen LogP contribution is 2.40. The second-order valence-electron chi connectivity index (χ2n) is 6.75. The molecule has 1 N–H and O–H groups in total. The molecule has 0 radical (unpaired) electrons. The Labute approximate surface area is 152 Å². The summed E-state index contributed by atoms with van der Waals surface area (Å²) in [7, 11) is 0. The summed E-state index contributed by atoms with van der Waals surface area (Å²) in [5.74, 6) is 1.19. The van der Waals surface area contributed by atoms with Crippen molar-refractivity contribution in [3.63, 3.8) is 0 Å². The molecule has 5 nitrogen and oxygen atoms in total. The number of piperazine rings is 1. The number of thiophene rings is 1. The Morgan fingerprint density at radius 2 is 2.12 bits per heavy atom. The monoisotopic (exact) mass is 368 g/mol. The number of carbonyl (C=O) groups excluding carboxylic acids is 2. The maximum absolute atomic E-state index is 12.2. The molecule has 1 aromatic heterocycles. The number of amides is 2. The third kappa shape index (κ3) is 3.95. The van der Waals surface area contributed by atoms with E-state index in [1.807, 2.05) is 23.6 Å². The van der Waals surface area contributed by atoms with Gasteiger partial charge in [0.1, 0.15) is 5.37 Å². The Morgan fingerprint density at radius 1 is 1.38 bits per heavy atom. The van der Waals surface area contributed by atoms with Gasteiger partial charge < -0.3 is 14.7 Å². The molecule has 0 aliphatic carbocycles. The summed E-state index contributed by atoms with van der Waals surface area (Å²) in [6.45, 7) is 9.34. The minimum atomic E-state index is 0.0809. The van der Waals surface area contributed by atoms with Gasteiger partial charge >= 0.3 is 0 Å². The highest BCUT2D eigenvalue weighted by Gasteiger charge is 2.34. The number of thioether (sulfide) groups is 1. The van der Waals surface area contributed by atoms with Crippen molar-refractivity contribution >= 4 is 34.9 Å². The van der Waals surface area contributed by atoms with Gasteiger partial charge in [0, 0.05) is 10.8 Å². The number of hydrogen-bond acceptors (Lipinski definition) is 4. The second kappa shape index (κ2) is 7.89. The van der Waals surface area contributed by atoms with Crippen LogP contribution in [0.5, 0.6) is 0 Å². The zero-order valence-corrected chi connectivity index (χ0v) is 16.0. The first-order valence-electron chi connectivity index (χ1n) is 8.63. The summed E-state index contributed by atoms with van der Waals surface area (Å²) in [5.41, 5.74) is 0. The summed E-state index contributed by atoms with van der Waals surface area (Å²) in [5, 5.41) is 2.27. The summed E-state index contributed by atoms with van der Waals surface area (Å²) in [6, 6.07) is 4.18. The van der Waals surface area contributed by atoms with Crippen LogP contribution in [0.25, 0.3) is 0 Å². The number of carbonyl (C=O) groups is 2. The SMILES string of the molecule is CC(C)C(=O)N1CC[NH+](CCN2C(=O)CS[C@@H]2c2cccs2)CC1. The number of nitrogens with zero attached hydrogens (tertiary/aromatic N) is 2. The summed E-state index contributed by atoms with van der Waals surface area (Å²) in [6.07, 6.45) is 0. The molecule has 3 rings (SSSR count). The molecular formula is C17H26N3O2S2+. The van der Waals surface area contributed by atoms with E-state index in [1.165, 1.54) is 9.78 Å². The fraction of sp³-hybridized carbons (Fsp3) is 0.647. The van der Waals surface area contributed by atoms with Crippen LogP contribution in [0, 0.1) is 5.92 Å². The third-order valence-corrected chi connectivity index (χ3v) is 7.05. The van der Waals surface area contributed by atoms with Gasteiger partial charge in [0.05, 0.1) is 45.0 Å². The fourth-order valence-corrected chi connectivity index (χ4v) is 5.50. The van der Waals surface area contributed by atoms with Crippen LogP contribution in [-0.4, -0.2) is 66.6 Å². The van der Waals surface area contributed by atoms with Crippen LogP contribution in [0.4, 0.5) is 0 Å². The normalized spacial score (nSPS) is 22.6. The number of nitrogens with one attached hydrogen (secondary N) is 1. The predicted octanol–water partition coefficient (Wildman–Crippen LogP) is 0.705. The molecule has 2 aliphatic rings. The second-order valence-corrected chi connectivity index (χ2v) is 8.79. The maximum Gasteiger partial charge on any atom is 0.234 e. The minimum absolute atomic E-state index is 0.0809. The van der Waals surface area contributed by atoms with E-state index in [1.54, 1.807) is 23.1 Å². The molecule has 7 heteroatoms. The number of hydrogen-bond donors (Lipinski definition) is 1. The first-order valence-corrected chi connectivity index (χ1v) is 10.6. The van der Waals surface area contributed by atoms with Crippen molar-refractivity contribution < 1.29 is 14.5 Å². The summed E-state index contributed by atoms with van der Waals surface area (Å²) < 4.78 is 0. The molecule has 0 saturated carbocycles. The maximum atomic E-state index is 12.2. The van der Waals surface area contributed by atoms with Gasteiger partial charge in [0.2, 0.25) is 11.8 Å². The zero-order valence-electron chi connectivity index (χ0n) is 14.4. The highest BCUT2D eigenvalue weighted by molar-refractivity contribution is 8.00. The minimum Gasteiger partial charge on any atom is -0.331 e. The van der Waals surface area contributed by atoms with Gasteiger partial charge in [-0.1, -0.05) is 19.9 Å². The van der Waals surface area contributed by atoms with Crippen molar-refractivity contribution in [1.29, 1.82) is 0 Å². The molecule has 2 amide bonds. The van der Waals surface area contributed by atoms with E-state index in [4.69, 9.17) is 0 Å². The third-order valence-electron chi connectivity index (χ3n) is 4.74. The van der Waals surface area contributed by atoms with E-state index < -0.39 is 0 Å². The van der Waals surface area contributed by atoms with Crippen molar-refractivity contribution in [3.05, 3.63) is 22.4 Å². The van der Waals surface area contributed by atoms with Crippen LogP contribution in [0.1, 0.15) is 24.1 Å². The molecule has 0 unspecified atom stereocenters. The standard InChI is InChI=1S/C17H25N3O2S2/c1-13(2)16(22)19-8-5-18(6-9-19)7-10-20-15(21)12-24-17(20)14-4-3-11-23-14/h3-4,11,13,17H,5-10,12H2,1-2H3/p+1/t17-/m1/s1. The van der Waals surface area contributed by atoms with Gasteiger partial charge in [-0.15, -0.1) is 23.1 Å². The number of quaternary nitrogens is 1. The molecule has 24 heavy (non-hydrogen) atoms. The van der Waals surface area contributed by atoms with Gasteiger partial charge in [-0.3, -0.25) is 9.59 Å². The summed E-state index contributed by atoms with van der Waals surface area (Å²) in [4.78, 5) is 31.1. The largest absolute Gasteiger partial charge is 0.331 e. The van der Waals surface area contributed by atoms with Crippen LogP contribution in [-0.2, 0) is 9.59 Å². The van der Waals surface area contributed by atoms with Crippen molar-refractivity contribution in [1.82, 2.24) is 9.80 Å². The van der Waals surface area contributed by atoms with E-state index in [9.17, 15) is 9.59 Å². The van der Waals surface area contributed by atoms with Crippen molar-refractivity contribution in [2.24, 2.45) is 5.92 Å². The first-order chi connectivity index (χ1) is 11.6. The smallest absolute Gasteiger partial charge is 0.234 e. The van der Waals surface area contributed by atoms with Crippen LogP contribution >= 0.6 is 23.1 Å². The average molecular weight is 369 g/mol. The Bertz CT molecular complexity index is 568. The first kappa shape index (κ1) is 17.8. The van der Waals surface area contributed by atoms with Gasteiger partial charge in [-0.05, 0) is 11.4 Å². The quantitative estimate of drug-likeness (QED) is 0.832. The molecular weight excluding hydrogens is 342 g/mol. The molecule has 0 bridgehead atoms. The van der Waals surface area contributed by atoms with Gasteiger partial charge in [-0.25, -0.2) is 0 Å². The average Bonchev–Trinajstić information content (AvgIpc) is 3.22. The molecule has 3 heterocycles. The van der Waals surface area contributed by atoms with E-state index >= 15 is 0 Å². The molecule has 2 aliphatic heterocycles. The van der Waals surface area contributed by atoms with Crippen LogP contribution in [0.3, 0.4) is 0 Å². The van der Waals surface area contributed by atoms with Crippen LogP contribution in [0.15, 0.2) is 17.5 Å². The van der Waals surface area contributed by atoms with E-state index in [-0.39, 0.29) is 23.1 Å². The lowest BCUT2D eigenvalue weighted by Crippen LogP contribution is -3.15. The van der Waals surface area contributed by atoms with Crippen molar-refractivity contribution in [2.45, 2.75) is 19.2 Å². The van der Waals surface area contributed by atoms with Gasteiger partial charge in [0.25, 0.3) is 0 Å². The molecule has 1 aromatic rings. The molecule has 0 spiro atoms. The van der Waals surface area contributed by atoms with Crippen molar-refractivity contribution in [3.8, 4) is 0 Å². The molecule has 2 saturated heterocycles. The zero-order chi connectivity index (χ0) is 17.1. The van der Waals surface area contributed by atoms with Crippen molar-refractivity contribution in [2.75, 3.05) is 45.0 Å². The van der Waals surface area contributed by atoms with E-state index in [0.717, 1.165) is 39.3 Å². The molecule has 1 atom stereocenters. The van der Waals surface area contributed by atoms with Gasteiger partial charge in [-0.2, -0.15) is 0 Å². The van der Waals surface area contributed by atoms with Gasteiger partial charge in [0.15, 0.2) is 0 Å². The van der Waals surface area contributed by atoms with Crippen LogP contribution < -0.4 is 4.90 Å². The van der Waals surface area contributed by atoms with E-state index in [2.05, 4.69) is 17.5 Å². The summed E-state index contributed by atoms with van der Waals surface area (Å²) >= 11 is 3.46. The topological polar surface area (TPSA) is 45.1 Å². The molecule has 2 fully saturated rings. The Morgan fingerprint density at radius 3 is 2.75 bits per heavy atom. The number of rotatable bonds is 5. The fourth-order valence-electron chi connectivity index (χ4n) is 3.30. The highest BCUT2D eigenvalue weighted by atomic mass is 32.2. The predicted molar refractivity (Wildman–Crippen MR) is 98.2 cm³/mol. The van der Waals surface area contributed by atoms with Crippen LogP contribution in [0.2, 0.25) is 0 Å². The molecule has 0 aromatic carbocycles.